The van der Waals surface area contributed by atoms with E-state index >= 15 is 0 Å². The van der Waals surface area contributed by atoms with Gasteiger partial charge in [0.05, 0.1) is 17.5 Å². The third-order valence-electron chi connectivity index (χ3n) is 5.01. The van der Waals surface area contributed by atoms with E-state index in [1.165, 1.54) is 12.8 Å². The lowest BCUT2D eigenvalue weighted by Crippen LogP contribution is -2.43. The number of para-hydroxylation sites is 1. The van der Waals surface area contributed by atoms with Gasteiger partial charge >= 0.3 is 0 Å². The molecule has 1 saturated heterocycles. The zero-order valence-corrected chi connectivity index (χ0v) is 14.7. The number of aromatic nitrogens is 2. The fourth-order valence-electron chi connectivity index (χ4n) is 3.55. The molecule has 25 heavy (non-hydrogen) atoms. The van der Waals surface area contributed by atoms with Crippen LogP contribution in [0, 0.1) is 0 Å². The Kier molecular flexibility index (Phi) is 4.57. The number of hydrogen-bond donors (Lipinski definition) is 0. The van der Waals surface area contributed by atoms with Crippen LogP contribution in [0.25, 0.3) is 5.69 Å². The van der Waals surface area contributed by atoms with Crippen LogP contribution >= 0.6 is 0 Å². The van der Waals surface area contributed by atoms with Crippen LogP contribution < -0.4 is 0 Å². The molecule has 0 spiro atoms. The number of piperidine rings is 1. The average Bonchev–Trinajstić information content (AvgIpc) is 3.41. The molecular formula is C20H25N3O2. The minimum atomic E-state index is 0.0626. The molecule has 0 N–H and O–H groups in total. The van der Waals surface area contributed by atoms with Crippen molar-refractivity contribution in [3.8, 4) is 5.69 Å². The molecule has 0 radical (unpaired) electrons. The maximum absolute atomic E-state index is 13.2. The molecule has 5 nitrogen and oxygen atoms in total. The van der Waals surface area contributed by atoms with Crippen LogP contribution in [0.2, 0.25) is 0 Å². The third kappa shape index (κ3) is 3.47. The van der Waals surface area contributed by atoms with Crippen molar-refractivity contribution < 1.29 is 9.53 Å². The van der Waals surface area contributed by atoms with Gasteiger partial charge in [0, 0.05) is 25.6 Å². The number of carbonyl (C=O) groups is 1. The first-order valence-corrected chi connectivity index (χ1v) is 9.32. The van der Waals surface area contributed by atoms with E-state index in [0.29, 0.717) is 24.8 Å². The number of carbonyl (C=O) groups excluding carboxylic acids is 1. The molecule has 1 aromatic heterocycles. The molecule has 132 valence electrons. The minimum absolute atomic E-state index is 0.0626. The van der Waals surface area contributed by atoms with Crippen LogP contribution in [0.3, 0.4) is 0 Å². The van der Waals surface area contributed by atoms with Crippen molar-refractivity contribution in [1.29, 1.82) is 0 Å². The Morgan fingerprint density at radius 2 is 2.04 bits per heavy atom. The van der Waals surface area contributed by atoms with Gasteiger partial charge in [-0.1, -0.05) is 18.2 Å². The lowest BCUT2D eigenvalue weighted by Gasteiger charge is -2.32. The van der Waals surface area contributed by atoms with Gasteiger partial charge in [-0.05, 0) is 50.8 Å². The monoisotopic (exact) mass is 339 g/mol. The molecule has 1 aliphatic carbocycles. The van der Waals surface area contributed by atoms with E-state index in [-0.39, 0.29) is 12.0 Å². The standard InChI is InChI=1S/C20H25N3O2/c1-2-25-17-9-6-12-22(14-17)20(24)19-13-18(15-10-11-15)21-23(19)16-7-4-3-5-8-16/h3-5,7-8,13,15,17H,2,6,9-12,14H2,1H3. The topological polar surface area (TPSA) is 47.4 Å². The maximum atomic E-state index is 13.2. The van der Waals surface area contributed by atoms with E-state index < -0.39 is 0 Å². The SMILES string of the molecule is CCOC1CCCN(C(=O)c2cc(C3CC3)nn2-c2ccccc2)C1. The van der Waals surface area contributed by atoms with Crippen molar-refractivity contribution in [2.24, 2.45) is 0 Å². The number of likely N-dealkylation sites (tertiary alicyclic amines) is 1. The zero-order valence-electron chi connectivity index (χ0n) is 14.7. The van der Waals surface area contributed by atoms with Crippen molar-refractivity contribution in [2.75, 3.05) is 19.7 Å². The number of nitrogens with zero attached hydrogens (tertiary/aromatic N) is 3. The van der Waals surface area contributed by atoms with E-state index in [9.17, 15) is 4.79 Å². The van der Waals surface area contributed by atoms with Gasteiger partial charge in [-0.2, -0.15) is 5.10 Å². The molecule has 4 rings (SSSR count). The Balaban J connectivity index is 1.63. The molecule has 5 heteroatoms. The van der Waals surface area contributed by atoms with E-state index in [1.807, 2.05) is 52.9 Å². The zero-order chi connectivity index (χ0) is 17.2. The second-order valence-electron chi connectivity index (χ2n) is 6.95. The average molecular weight is 339 g/mol. The van der Waals surface area contributed by atoms with Crippen molar-refractivity contribution in [1.82, 2.24) is 14.7 Å². The molecule has 0 bridgehead atoms. The largest absolute Gasteiger partial charge is 0.377 e. The van der Waals surface area contributed by atoms with E-state index in [1.54, 1.807) is 0 Å². The fourth-order valence-corrected chi connectivity index (χ4v) is 3.55. The van der Waals surface area contributed by atoms with Crippen LogP contribution in [0.4, 0.5) is 0 Å². The van der Waals surface area contributed by atoms with Gasteiger partial charge in [-0.25, -0.2) is 4.68 Å². The third-order valence-corrected chi connectivity index (χ3v) is 5.01. The van der Waals surface area contributed by atoms with Crippen LogP contribution in [-0.4, -0.2) is 46.4 Å². The second kappa shape index (κ2) is 7.00. The Hall–Kier alpha value is -2.14. The van der Waals surface area contributed by atoms with E-state index in [0.717, 1.165) is 30.8 Å². The Labute approximate surface area is 148 Å². The van der Waals surface area contributed by atoms with Gasteiger partial charge in [-0.3, -0.25) is 4.79 Å². The molecule has 1 atom stereocenters. The van der Waals surface area contributed by atoms with Crippen molar-refractivity contribution in [2.45, 2.75) is 44.6 Å². The number of benzene rings is 1. The summed E-state index contributed by atoms with van der Waals surface area (Å²) in [5.41, 5.74) is 2.66. The van der Waals surface area contributed by atoms with Gasteiger partial charge in [0.15, 0.2) is 0 Å². The van der Waals surface area contributed by atoms with Gasteiger partial charge in [-0.15, -0.1) is 0 Å². The number of amides is 1. The summed E-state index contributed by atoms with van der Waals surface area (Å²) >= 11 is 0. The molecule has 2 heterocycles. The first-order valence-electron chi connectivity index (χ1n) is 9.32. The highest BCUT2D eigenvalue weighted by Crippen LogP contribution is 2.40. The normalized spacial score (nSPS) is 20.7. The molecule has 2 aliphatic rings. The predicted molar refractivity (Wildman–Crippen MR) is 96.1 cm³/mol. The summed E-state index contributed by atoms with van der Waals surface area (Å²) in [4.78, 5) is 15.1. The summed E-state index contributed by atoms with van der Waals surface area (Å²) in [5.74, 6) is 0.585. The van der Waals surface area contributed by atoms with E-state index in [2.05, 4.69) is 0 Å². The van der Waals surface area contributed by atoms with Crippen molar-refractivity contribution >= 4 is 5.91 Å². The van der Waals surface area contributed by atoms with Crippen molar-refractivity contribution in [3.05, 3.63) is 47.8 Å². The highest BCUT2D eigenvalue weighted by molar-refractivity contribution is 5.93. The Bertz CT molecular complexity index is 735. The first kappa shape index (κ1) is 16.3. The number of hydrogen-bond acceptors (Lipinski definition) is 3. The molecule has 2 fully saturated rings. The summed E-state index contributed by atoms with van der Waals surface area (Å²) in [6.07, 6.45) is 4.53. The molecular weight excluding hydrogens is 314 g/mol. The van der Waals surface area contributed by atoms with Crippen LogP contribution in [0.1, 0.15) is 54.7 Å². The highest BCUT2D eigenvalue weighted by atomic mass is 16.5. The highest BCUT2D eigenvalue weighted by Gasteiger charge is 2.31. The molecule has 1 unspecified atom stereocenters. The van der Waals surface area contributed by atoms with Crippen molar-refractivity contribution in [3.63, 3.8) is 0 Å². The number of ether oxygens (including phenoxy) is 1. The quantitative estimate of drug-likeness (QED) is 0.839. The Morgan fingerprint density at radius 3 is 2.76 bits per heavy atom. The molecule has 1 aromatic carbocycles. The molecule has 1 aliphatic heterocycles. The second-order valence-corrected chi connectivity index (χ2v) is 6.95. The van der Waals surface area contributed by atoms with Gasteiger partial charge in [0.1, 0.15) is 5.69 Å². The first-order chi connectivity index (χ1) is 12.3. The molecule has 1 saturated carbocycles. The summed E-state index contributed by atoms with van der Waals surface area (Å²) in [6, 6.07) is 11.9. The van der Waals surface area contributed by atoms with Crippen LogP contribution in [0.15, 0.2) is 36.4 Å². The van der Waals surface area contributed by atoms with Crippen LogP contribution in [0.5, 0.6) is 0 Å². The van der Waals surface area contributed by atoms with E-state index in [4.69, 9.17) is 9.84 Å². The molecule has 1 amide bonds. The molecule has 2 aromatic rings. The van der Waals surface area contributed by atoms with Gasteiger partial charge in [0.2, 0.25) is 0 Å². The summed E-state index contributed by atoms with van der Waals surface area (Å²) < 4.78 is 7.57. The minimum Gasteiger partial charge on any atom is -0.377 e. The van der Waals surface area contributed by atoms with Gasteiger partial charge in [0.25, 0.3) is 5.91 Å². The van der Waals surface area contributed by atoms with Crippen LogP contribution in [-0.2, 0) is 4.74 Å². The Morgan fingerprint density at radius 1 is 1.24 bits per heavy atom. The summed E-state index contributed by atoms with van der Waals surface area (Å²) in [7, 11) is 0. The summed E-state index contributed by atoms with van der Waals surface area (Å²) in [5, 5.41) is 4.75. The summed E-state index contributed by atoms with van der Waals surface area (Å²) in [6.45, 7) is 4.17. The lowest BCUT2D eigenvalue weighted by molar-refractivity contribution is 0.00692. The number of rotatable bonds is 5. The van der Waals surface area contributed by atoms with Gasteiger partial charge < -0.3 is 9.64 Å². The predicted octanol–water partition coefficient (Wildman–Crippen LogP) is 3.39. The maximum Gasteiger partial charge on any atom is 0.272 e. The fraction of sp³-hybridized carbons (Fsp3) is 0.500. The lowest BCUT2D eigenvalue weighted by atomic mass is 10.1. The smallest absolute Gasteiger partial charge is 0.272 e.